The largest absolute Gasteiger partial charge is 0.466 e. The molecule has 0 aliphatic heterocycles. The average molecular weight is 355 g/mol. The molecule has 1 amide bonds. The van der Waals surface area contributed by atoms with Crippen molar-refractivity contribution in [2.24, 2.45) is 5.10 Å². The lowest BCUT2D eigenvalue weighted by Crippen LogP contribution is -2.30. The molecule has 0 unspecified atom stereocenters. The normalized spacial score (nSPS) is 10.9. The fraction of sp³-hybridized carbons (Fsp3) is 0.375. The van der Waals surface area contributed by atoms with E-state index in [0.29, 0.717) is 0 Å². The van der Waals surface area contributed by atoms with E-state index in [4.69, 9.17) is 21.1 Å². The fourth-order valence-corrected chi connectivity index (χ4v) is 1.85. The number of ether oxygens (including phenoxy) is 2. The first-order valence-corrected chi connectivity index (χ1v) is 7.76. The molecular weight excluding hydrogens is 336 g/mol. The number of hydrogen-bond acceptors (Lipinski definition) is 6. The van der Waals surface area contributed by atoms with E-state index in [2.05, 4.69) is 5.10 Å². The zero-order chi connectivity index (χ0) is 17.9. The van der Waals surface area contributed by atoms with Gasteiger partial charge in [-0.3, -0.25) is 9.59 Å². The Morgan fingerprint density at radius 1 is 1.08 bits per heavy atom. The molecule has 8 heteroatoms. The summed E-state index contributed by atoms with van der Waals surface area (Å²) in [6.45, 7) is 3.60. The van der Waals surface area contributed by atoms with E-state index in [-0.39, 0.29) is 19.8 Å². The van der Waals surface area contributed by atoms with Crippen LogP contribution in [0.4, 0.5) is 0 Å². The number of hydrogen-bond donors (Lipinski definition) is 0. The zero-order valence-electron chi connectivity index (χ0n) is 13.5. The predicted molar refractivity (Wildman–Crippen MR) is 88.2 cm³/mol. The second-order valence-electron chi connectivity index (χ2n) is 4.53. The van der Waals surface area contributed by atoms with Crippen molar-refractivity contribution in [3.8, 4) is 0 Å². The highest BCUT2D eigenvalue weighted by atomic mass is 35.5. The van der Waals surface area contributed by atoms with Gasteiger partial charge >= 0.3 is 11.9 Å². The molecule has 1 aromatic rings. The third kappa shape index (κ3) is 6.78. The van der Waals surface area contributed by atoms with Crippen molar-refractivity contribution in [3.05, 3.63) is 35.9 Å². The second kappa shape index (κ2) is 10.4. The molecule has 1 aromatic carbocycles. The fourth-order valence-electron chi connectivity index (χ4n) is 1.70. The third-order valence-corrected chi connectivity index (χ3v) is 2.95. The van der Waals surface area contributed by atoms with Crippen LogP contribution in [0.2, 0.25) is 0 Å². The summed E-state index contributed by atoms with van der Waals surface area (Å²) in [6.07, 6.45) is -0.503. The van der Waals surface area contributed by atoms with Crippen LogP contribution in [0.5, 0.6) is 0 Å². The number of hydrazone groups is 1. The Morgan fingerprint density at radius 3 is 2.29 bits per heavy atom. The Balaban J connectivity index is 2.94. The molecule has 1 rings (SSSR count). The summed E-state index contributed by atoms with van der Waals surface area (Å²) in [5, 5.41) is 4.24. The van der Waals surface area contributed by atoms with Crippen LogP contribution in [0.1, 0.15) is 25.8 Å². The topological polar surface area (TPSA) is 85.3 Å². The quantitative estimate of drug-likeness (QED) is 0.309. The number of carbonyl (C=O) groups is 3. The van der Waals surface area contributed by atoms with Gasteiger partial charge in [0.1, 0.15) is 6.42 Å². The van der Waals surface area contributed by atoms with E-state index in [1.807, 2.05) is 6.07 Å². The van der Waals surface area contributed by atoms with Gasteiger partial charge < -0.3 is 9.47 Å². The predicted octanol–water partition coefficient (Wildman–Crippen LogP) is 2.08. The van der Waals surface area contributed by atoms with Gasteiger partial charge in [-0.1, -0.05) is 41.9 Å². The summed E-state index contributed by atoms with van der Waals surface area (Å²) in [7, 11) is 0. The number of benzene rings is 1. The summed E-state index contributed by atoms with van der Waals surface area (Å²) in [5.74, 6) is -2.16. The molecule has 0 saturated heterocycles. The molecule has 130 valence electrons. The van der Waals surface area contributed by atoms with Gasteiger partial charge in [0.25, 0.3) is 5.91 Å². The maximum absolute atomic E-state index is 12.3. The number of amides is 1. The highest BCUT2D eigenvalue weighted by Crippen LogP contribution is 2.09. The smallest absolute Gasteiger partial charge is 0.370 e. The lowest BCUT2D eigenvalue weighted by Gasteiger charge is -2.17. The van der Waals surface area contributed by atoms with Crippen LogP contribution in [0.3, 0.4) is 0 Å². The Kier molecular flexibility index (Phi) is 8.49. The first kappa shape index (κ1) is 19.6. The minimum atomic E-state index is -0.846. The number of carbonyl (C=O) groups excluding carboxylic acids is 3. The van der Waals surface area contributed by atoms with E-state index < -0.39 is 29.4 Å². The molecule has 0 aliphatic carbocycles. The minimum Gasteiger partial charge on any atom is -0.466 e. The molecule has 0 aliphatic rings. The molecule has 0 fully saturated rings. The number of halogens is 1. The summed E-state index contributed by atoms with van der Waals surface area (Å²) < 4.78 is 9.47. The van der Waals surface area contributed by atoms with Crippen molar-refractivity contribution in [2.45, 2.75) is 26.8 Å². The Morgan fingerprint density at radius 2 is 1.71 bits per heavy atom. The van der Waals surface area contributed by atoms with Crippen molar-refractivity contribution in [1.82, 2.24) is 5.01 Å². The van der Waals surface area contributed by atoms with E-state index in [0.717, 1.165) is 10.6 Å². The number of rotatable bonds is 8. The van der Waals surface area contributed by atoms with E-state index in [1.165, 1.54) is 0 Å². The van der Waals surface area contributed by atoms with Crippen LogP contribution in [0.25, 0.3) is 0 Å². The van der Waals surface area contributed by atoms with Gasteiger partial charge in [-0.25, -0.2) is 9.80 Å². The maximum Gasteiger partial charge on any atom is 0.370 e. The summed E-state index contributed by atoms with van der Waals surface area (Å²) in [4.78, 5) is 35.3. The van der Waals surface area contributed by atoms with Gasteiger partial charge in [-0.2, -0.15) is 0 Å². The molecule has 0 bridgehead atoms. The van der Waals surface area contributed by atoms with Crippen molar-refractivity contribution in [1.29, 1.82) is 0 Å². The zero-order valence-corrected chi connectivity index (χ0v) is 14.3. The van der Waals surface area contributed by atoms with Crippen molar-refractivity contribution >= 4 is 34.6 Å². The SMILES string of the molecule is CCOC(=O)CC(=O)N(Cc1ccccc1)N=C(Cl)C(=O)OCC. The van der Waals surface area contributed by atoms with Crippen molar-refractivity contribution in [3.63, 3.8) is 0 Å². The highest BCUT2D eigenvalue weighted by molar-refractivity contribution is 6.82. The standard InChI is InChI=1S/C16H19ClN2O5/c1-3-23-14(21)10-13(20)19(11-12-8-6-5-7-9-12)18-15(17)16(22)24-4-2/h5-9H,3-4,10-11H2,1-2H3. The summed E-state index contributed by atoms with van der Waals surface area (Å²) in [6, 6.07) is 8.96. The maximum atomic E-state index is 12.3. The van der Waals surface area contributed by atoms with Crippen LogP contribution < -0.4 is 0 Å². The van der Waals surface area contributed by atoms with E-state index in [1.54, 1.807) is 38.1 Å². The Bertz CT molecular complexity index is 604. The Labute approximate surface area is 145 Å². The van der Waals surface area contributed by atoms with E-state index >= 15 is 0 Å². The van der Waals surface area contributed by atoms with Crippen LogP contribution in [-0.4, -0.2) is 41.2 Å². The van der Waals surface area contributed by atoms with Crippen LogP contribution in [-0.2, 0) is 30.4 Å². The average Bonchev–Trinajstić information content (AvgIpc) is 2.55. The van der Waals surface area contributed by atoms with Gasteiger partial charge in [-0.15, -0.1) is 5.10 Å². The van der Waals surface area contributed by atoms with Gasteiger partial charge in [0.2, 0.25) is 5.17 Å². The molecular formula is C16H19ClN2O5. The minimum absolute atomic E-state index is 0.0503. The van der Waals surface area contributed by atoms with Crippen LogP contribution >= 0.6 is 11.6 Å². The summed E-state index contributed by atoms with van der Waals surface area (Å²) >= 11 is 5.78. The molecule has 24 heavy (non-hydrogen) atoms. The first-order chi connectivity index (χ1) is 11.5. The lowest BCUT2D eigenvalue weighted by molar-refractivity contribution is -0.148. The molecule has 0 N–H and O–H groups in total. The van der Waals surface area contributed by atoms with Crippen LogP contribution in [0, 0.1) is 0 Å². The van der Waals surface area contributed by atoms with Crippen LogP contribution in [0.15, 0.2) is 35.4 Å². The monoisotopic (exact) mass is 354 g/mol. The third-order valence-electron chi connectivity index (χ3n) is 2.72. The molecule has 0 aromatic heterocycles. The molecule has 0 saturated carbocycles. The molecule has 0 atom stereocenters. The number of nitrogens with zero attached hydrogens (tertiary/aromatic N) is 2. The first-order valence-electron chi connectivity index (χ1n) is 7.39. The Hall–Kier alpha value is -2.41. The van der Waals surface area contributed by atoms with Gasteiger partial charge in [-0.05, 0) is 19.4 Å². The van der Waals surface area contributed by atoms with Gasteiger partial charge in [0.05, 0.1) is 19.8 Å². The number of esters is 2. The summed E-state index contributed by atoms with van der Waals surface area (Å²) in [5.41, 5.74) is 0.756. The second-order valence-corrected chi connectivity index (χ2v) is 4.89. The lowest BCUT2D eigenvalue weighted by atomic mass is 10.2. The van der Waals surface area contributed by atoms with Crippen molar-refractivity contribution in [2.75, 3.05) is 13.2 Å². The molecule has 0 radical (unpaired) electrons. The van der Waals surface area contributed by atoms with Gasteiger partial charge in [0.15, 0.2) is 0 Å². The highest BCUT2D eigenvalue weighted by Gasteiger charge is 2.21. The van der Waals surface area contributed by atoms with E-state index in [9.17, 15) is 14.4 Å². The molecule has 0 heterocycles. The van der Waals surface area contributed by atoms with Crippen molar-refractivity contribution < 1.29 is 23.9 Å². The molecule has 7 nitrogen and oxygen atoms in total. The van der Waals surface area contributed by atoms with Gasteiger partial charge in [0, 0.05) is 0 Å². The molecule has 0 spiro atoms.